The van der Waals surface area contributed by atoms with Gasteiger partial charge >= 0.3 is 11.9 Å². The number of ketones is 1. The molecule has 1 aliphatic rings. The average Bonchev–Trinajstić information content (AvgIpc) is 2.91. The Kier molecular flexibility index (Phi) is 5.14. The molecule has 7 nitrogen and oxygen atoms in total. The molecule has 1 aliphatic carbocycles. The Bertz CT molecular complexity index is 1170. The Labute approximate surface area is 180 Å². The number of nitriles is 1. The molecule has 2 N–H and O–H groups in total. The van der Waals surface area contributed by atoms with Gasteiger partial charge in [0.05, 0.1) is 22.4 Å². The summed E-state index contributed by atoms with van der Waals surface area (Å²) in [5.41, 5.74) is 4.53. The first-order valence-corrected chi connectivity index (χ1v) is 9.77. The van der Waals surface area contributed by atoms with E-state index in [9.17, 15) is 19.6 Å². The highest BCUT2D eigenvalue weighted by atomic mass is 16.6. The van der Waals surface area contributed by atoms with E-state index >= 15 is 0 Å². The van der Waals surface area contributed by atoms with E-state index in [2.05, 4.69) is 0 Å². The summed E-state index contributed by atoms with van der Waals surface area (Å²) in [7, 11) is 0. The quantitative estimate of drug-likeness (QED) is 0.486. The van der Waals surface area contributed by atoms with Crippen molar-refractivity contribution in [2.24, 2.45) is 0 Å². The SMILES string of the molecule is CC(C)(C)OC(=O)c1c(N)c(C#N)c2c(c1C(=O)OC(C)(C)C)C(=O)c1ccccc1-2. The summed E-state index contributed by atoms with van der Waals surface area (Å²) in [4.78, 5) is 39.6. The number of carbonyl (C=O) groups excluding carboxylic acids is 3. The van der Waals surface area contributed by atoms with Crippen LogP contribution < -0.4 is 5.73 Å². The minimum atomic E-state index is -0.908. The fraction of sp³-hybridized carbons (Fsp3) is 0.333. The Hall–Kier alpha value is -3.66. The van der Waals surface area contributed by atoms with E-state index in [1.54, 1.807) is 65.8 Å². The van der Waals surface area contributed by atoms with Gasteiger partial charge in [0.25, 0.3) is 0 Å². The zero-order chi connectivity index (χ0) is 23.3. The van der Waals surface area contributed by atoms with Crippen LogP contribution in [0.1, 0.15) is 83.7 Å². The normalized spacial score (nSPS) is 12.6. The minimum Gasteiger partial charge on any atom is -0.456 e. The molecule has 0 heterocycles. The van der Waals surface area contributed by atoms with E-state index in [-0.39, 0.29) is 33.5 Å². The number of ether oxygens (including phenoxy) is 2. The first-order chi connectivity index (χ1) is 14.3. The van der Waals surface area contributed by atoms with E-state index in [4.69, 9.17) is 15.2 Å². The van der Waals surface area contributed by atoms with Gasteiger partial charge in [0.15, 0.2) is 5.78 Å². The largest absolute Gasteiger partial charge is 0.456 e. The van der Waals surface area contributed by atoms with Crippen molar-refractivity contribution in [1.29, 1.82) is 5.26 Å². The number of anilines is 1. The summed E-state index contributed by atoms with van der Waals surface area (Å²) in [5.74, 6) is -2.27. The molecular weight excluding hydrogens is 396 g/mol. The van der Waals surface area contributed by atoms with Crippen LogP contribution in [0.25, 0.3) is 11.1 Å². The van der Waals surface area contributed by atoms with Crippen LogP contribution in [-0.4, -0.2) is 28.9 Å². The standard InChI is InChI=1S/C24H24N2O5/c1-23(2,3)30-21(28)17-16-15(12-9-7-8-10-13(12)20(16)27)14(11-25)19(26)18(17)22(29)31-24(4,5)6/h7-10H,26H2,1-6H3. The lowest BCUT2D eigenvalue weighted by Crippen LogP contribution is -2.30. The van der Waals surface area contributed by atoms with Crippen molar-refractivity contribution in [3.05, 3.63) is 52.1 Å². The molecular formula is C24H24N2O5. The van der Waals surface area contributed by atoms with Crippen molar-refractivity contribution in [3.8, 4) is 17.2 Å². The fourth-order valence-electron chi connectivity index (χ4n) is 3.49. The van der Waals surface area contributed by atoms with Crippen LogP contribution in [-0.2, 0) is 9.47 Å². The van der Waals surface area contributed by atoms with Gasteiger partial charge in [0.2, 0.25) is 0 Å². The zero-order valence-electron chi connectivity index (χ0n) is 18.4. The number of fused-ring (bicyclic) bond motifs is 3. The number of rotatable bonds is 2. The maximum absolute atomic E-state index is 13.3. The molecule has 7 heteroatoms. The van der Waals surface area contributed by atoms with Crippen molar-refractivity contribution >= 4 is 23.4 Å². The second kappa shape index (κ2) is 7.24. The number of nitrogens with zero attached hydrogens (tertiary/aromatic N) is 1. The molecule has 160 valence electrons. The Morgan fingerprint density at radius 1 is 0.871 bits per heavy atom. The van der Waals surface area contributed by atoms with Gasteiger partial charge in [0.1, 0.15) is 17.3 Å². The number of esters is 2. The number of hydrogen-bond donors (Lipinski definition) is 1. The molecule has 0 unspecified atom stereocenters. The Morgan fingerprint density at radius 2 is 1.35 bits per heavy atom. The number of benzene rings is 2. The molecule has 0 aliphatic heterocycles. The highest BCUT2D eigenvalue weighted by Gasteiger charge is 2.41. The smallest absolute Gasteiger partial charge is 0.341 e. The van der Waals surface area contributed by atoms with Crippen LogP contribution in [0.4, 0.5) is 5.69 Å². The molecule has 0 fully saturated rings. The van der Waals surface area contributed by atoms with Gasteiger partial charge in [-0.1, -0.05) is 24.3 Å². The summed E-state index contributed by atoms with van der Waals surface area (Å²) in [6.45, 7) is 9.99. The van der Waals surface area contributed by atoms with Crippen molar-refractivity contribution in [2.45, 2.75) is 52.7 Å². The Balaban J connectivity index is 2.43. The highest BCUT2D eigenvalue weighted by Crippen LogP contribution is 2.45. The van der Waals surface area contributed by atoms with Gasteiger partial charge in [-0.3, -0.25) is 4.79 Å². The van der Waals surface area contributed by atoms with Crippen LogP contribution in [0.3, 0.4) is 0 Å². The molecule has 0 bridgehead atoms. The topological polar surface area (TPSA) is 119 Å². The molecule has 31 heavy (non-hydrogen) atoms. The van der Waals surface area contributed by atoms with Crippen LogP contribution in [0.5, 0.6) is 0 Å². The number of hydrogen-bond acceptors (Lipinski definition) is 7. The van der Waals surface area contributed by atoms with Crippen molar-refractivity contribution in [2.75, 3.05) is 5.73 Å². The third kappa shape index (κ3) is 3.89. The van der Waals surface area contributed by atoms with E-state index in [0.29, 0.717) is 11.1 Å². The fourth-order valence-corrected chi connectivity index (χ4v) is 3.49. The Morgan fingerprint density at radius 3 is 1.84 bits per heavy atom. The predicted molar refractivity (Wildman–Crippen MR) is 115 cm³/mol. The van der Waals surface area contributed by atoms with Gasteiger partial charge in [0, 0.05) is 16.7 Å². The zero-order valence-corrected chi connectivity index (χ0v) is 18.4. The lowest BCUT2D eigenvalue weighted by atomic mass is 9.89. The first-order valence-electron chi connectivity index (χ1n) is 9.77. The van der Waals surface area contributed by atoms with Crippen molar-refractivity contribution in [1.82, 2.24) is 0 Å². The second-order valence-electron chi connectivity index (χ2n) is 9.28. The van der Waals surface area contributed by atoms with Crippen LogP contribution >= 0.6 is 0 Å². The van der Waals surface area contributed by atoms with Gasteiger partial charge in [-0.25, -0.2) is 9.59 Å². The van der Waals surface area contributed by atoms with E-state index in [1.165, 1.54) is 0 Å². The van der Waals surface area contributed by atoms with Crippen LogP contribution in [0, 0.1) is 11.3 Å². The molecule has 0 spiro atoms. The average molecular weight is 420 g/mol. The summed E-state index contributed by atoms with van der Waals surface area (Å²) in [6, 6.07) is 8.66. The second-order valence-corrected chi connectivity index (χ2v) is 9.28. The van der Waals surface area contributed by atoms with Crippen molar-refractivity contribution < 1.29 is 23.9 Å². The monoisotopic (exact) mass is 420 g/mol. The lowest BCUT2D eigenvalue weighted by molar-refractivity contribution is 0.00189. The molecule has 0 saturated carbocycles. The molecule has 0 radical (unpaired) electrons. The lowest BCUT2D eigenvalue weighted by Gasteiger charge is -2.25. The van der Waals surface area contributed by atoms with Gasteiger partial charge < -0.3 is 15.2 Å². The van der Waals surface area contributed by atoms with Crippen LogP contribution in [0.2, 0.25) is 0 Å². The molecule has 0 saturated heterocycles. The summed E-state index contributed by atoms with van der Waals surface area (Å²) < 4.78 is 11.0. The number of carbonyl (C=O) groups is 3. The van der Waals surface area contributed by atoms with Gasteiger partial charge in [-0.2, -0.15) is 5.26 Å². The first kappa shape index (κ1) is 22.0. The van der Waals surface area contributed by atoms with Gasteiger partial charge in [-0.15, -0.1) is 0 Å². The molecule has 0 atom stereocenters. The molecule has 0 amide bonds. The van der Waals surface area contributed by atoms with E-state index < -0.39 is 28.9 Å². The highest BCUT2D eigenvalue weighted by molar-refractivity contribution is 6.29. The third-order valence-electron chi connectivity index (χ3n) is 4.52. The maximum Gasteiger partial charge on any atom is 0.341 e. The summed E-state index contributed by atoms with van der Waals surface area (Å²) in [5, 5.41) is 9.84. The number of nitrogen functional groups attached to an aromatic ring is 1. The van der Waals surface area contributed by atoms with E-state index in [0.717, 1.165) is 0 Å². The number of nitrogens with two attached hydrogens (primary N) is 1. The molecule has 0 aromatic heterocycles. The summed E-state index contributed by atoms with van der Waals surface area (Å²) >= 11 is 0. The van der Waals surface area contributed by atoms with Gasteiger partial charge in [-0.05, 0) is 47.1 Å². The molecule has 2 aromatic rings. The molecule has 3 rings (SSSR count). The predicted octanol–water partition coefficient (Wildman–Crippen LogP) is 4.26. The van der Waals surface area contributed by atoms with Crippen LogP contribution in [0.15, 0.2) is 24.3 Å². The van der Waals surface area contributed by atoms with E-state index in [1.807, 2.05) is 6.07 Å². The minimum absolute atomic E-state index is 0.0542. The maximum atomic E-state index is 13.3. The molecule has 2 aromatic carbocycles. The van der Waals surface area contributed by atoms with Crippen molar-refractivity contribution in [3.63, 3.8) is 0 Å². The third-order valence-corrected chi connectivity index (χ3v) is 4.52. The summed E-state index contributed by atoms with van der Waals surface area (Å²) in [6.07, 6.45) is 0.